The minimum absolute atomic E-state index is 0.00417. The number of nitrogens with one attached hydrogen (secondary N) is 3. The average molecular weight is 549 g/mol. The first-order valence-corrected chi connectivity index (χ1v) is 14.0. The predicted octanol–water partition coefficient (Wildman–Crippen LogP) is 1.44. The summed E-state index contributed by atoms with van der Waals surface area (Å²) in [5.41, 5.74) is 1.16. The van der Waals surface area contributed by atoms with Crippen molar-refractivity contribution < 1.29 is 24.3 Å². The second kappa shape index (κ2) is 12.0. The fourth-order valence-corrected chi connectivity index (χ4v) is 5.58. The molecule has 0 bridgehead atoms. The molecule has 3 saturated heterocycles. The molecule has 1 aromatic heterocycles. The van der Waals surface area contributed by atoms with E-state index in [0.29, 0.717) is 70.4 Å². The van der Waals surface area contributed by atoms with Crippen LogP contribution in [-0.4, -0.2) is 82.5 Å². The number of pyridine rings is 1. The number of benzene rings is 1. The number of anilines is 2. The smallest absolute Gasteiger partial charge is 0.270 e. The van der Waals surface area contributed by atoms with Crippen LogP contribution in [0.25, 0.3) is 0 Å². The van der Waals surface area contributed by atoms with Crippen molar-refractivity contribution in [3.63, 3.8) is 0 Å². The summed E-state index contributed by atoms with van der Waals surface area (Å²) in [6.07, 6.45) is 4.80. The van der Waals surface area contributed by atoms with Gasteiger partial charge < -0.3 is 25.5 Å². The van der Waals surface area contributed by atoms with Crippen LogP contribution in [0.1, 0.15) is 55.4 Å². The maximum Gasteiger partial charge on any atom is 0.270 e. The van der Waals surface area contributed by atoms with E-state index in [2.05, 4.69) is 25.8 Å². The van der Waals surface area contributed by atoms with E-state index in [1.165, 1.54) is 0 Å². The van der Waals surface area contributed by atoms with Crippen molar-refractivity contribution in [1.82, 2.24) is 20.5 Å². The molecule has 4 amide bonds. The molecule has 1 unspecified atom stereocenters. The van der Waals surface area contributed by atoms with Gasteiger partial charge in [0.15, 0.2) is 0 Å². The number of hydrogen-bond acceptors (Lipinski definition) is 8. The van der Waals surface area contributed by atoms with E-state index in [1.807, 2.05) is 24.3 Å². The van der Waals surface area contributed by atoms with Gasteiger partial charge in [-0.05, 0) is 68.5 Å². The van der Waals surface area contributed by atoms with Crippen LogP contribution in [-0.2, 0) is 14.4 Å². The summed E-state index contributed by atoms with van der Waals surface area (Å²) in [7, 11) is 0. The van der Waals surface area contributed by atoms with Gasteiger partial charge in [-0.15, -0.1) is 0 Å². The third-order valence-electron chi connectivity index (χ3n) is 8.07. The number of amides is 4. The summed E-state index contributed by atoms with van der Waals surface area (Å²) >= 11 is 0. The number of rotatable bonds is 7. The number of nitrogens with zero attached hydrogens (tertiary/aromatic N) is 3. The highest BCUT2D eigenvalue weighted by Gasteiger charge is 2.37. The Bertz CT molecular complexity index is 1220. The minimum Gasteiger partial charge on any atom is -0.389 e. The van der Waals surface area contributed by atoms with Crippen molar-refractivity contribution in [1.29, 1.82) is 0 Å². The summed E-state index contributed by atoms with van der Waals surface area (Å²) in [6, 6.07) is 12.5. The Balaban J connectivity index is 1.05. The topological polar surface area (TPSA) is 144 Å². The largest absolute Gasteiger partial charge is 0.389 e. The third-order valence-corrected chi connectivity index (χ3v) is 8.07. The van der Waals surface area contributed by atoms with Crippen molar-refractivity contribution in [2.45, 2.75) is 62.6 Å². The van der Waals surface area contributed by atoms with Crippen LogP contribution < -0.4 is 20.9 Å². The van der Waals surface area contributed by atoms with E-state index in [-0.39, 0.29) is 36.1 Å². The molecule has 4 heterocycles. The van der Waals surface area contributed by atoms with E-state index >= 15 is 0 Å². The Morgan fingerprint density at radius 2 is 1.73 bits per heavy atom. The van der Waals surface area contributed by atoms with E-state index in [0.717, 1.165) is 11.4 Å². The second-order valence-corrected chi connectivity index (χ2v) is 10.9. The van der Waals surface area contributed by atoms with E-state index in [9.17, 15) is 24.3 Å². The Morgan fingerprint density at radius 1 is 1.00 bits per heavy atom. The molecular weight excluding hydrogens is 512 g/mol. The minimum atomic E-state index is -1.04. The fraction of sp³-hybridized carbons (Fsp3) is 0.483. The molecule has 0 saturated carbocycles. The number of likely N-dealkylation sites (tertiary alicyclic amines) is 1. The molecule has 11 heteroatoms. The van der Waals surface area contributed by atoms with Crippen molar-refractivity contribution in [3.8, 4) is 0 Å². The Labute approximate surface area is 233 Å². The lowest BCUT2D eigenvalue weighted by molar-refractivity contribution is -0.138. The van der Waals surface area contributed by atoms with Gasteiger partial charge in [-0.2, -0.15) is 0 Å². The highest BCUT2D eigenvalue weighted by molar-refractivity contribution is 6.01. The van der Waals surface area contributed by atoms with Gasteiger partial charge in [-0.1, -0.05) is 6.07 Å². The van der Waals surface area contributed by atoms with Crippen molar-refractivity contribution in [2.24, 2.45) is 0 Å². The number of carbonyl (C=O) groups is 4. The SMILES string of the molecule is O=C1CCC(Nc2ccc(N3CCC(O)(CC(=O)N4CCC(NC(=O)c5ccccn5)CC4)CC3)cc2)C(=O)N1. The van der Waals surface area contributed by atoms with Gasteiger partial charge in [0.1, 0.15) is 11.7 Å². The first kappa shape index (κ1) is 27.6. The monoisotopic (exact) mass is 548 g/mol. The quantitative estimate of drug-likeness (QED) is 0.381. The lowest BCUT2D eigenvalue weighted by atomic mass is 9.87. The maximum atomic E-state index is 13.0. The van der Waals surface area contributed by atoms with Crippen LogP contribution in [0.2, 0.25) is 0 Å². The highest BCUT2D eigenvalue weighted by Crippen LogP contribution is 2.30. The molecule has 40 heavy (non-hydrogen) atoms. The molecule has 0 aliphatic carbocycles. The molecular formula is C29H36N6O5. The van der Waals surface area contributed by atoms with Gasteiger partial charge in [0.25, 0.3) is 5.91 Å². The summed E-state index contributed by atoms with van der Waals surface area (Å²) in [5, 5.41) is 19.7. The van der Waals surface area contributed by atoms with Gasteiger partial charge in [-0.25, -0.2) is 0 Å². The number of aromatic nitrogens is 1. The normalized spacial score (nSPS) is 21.5. The third kappa shape index (κ3) is 6.77. The van der Waals surface area contributed by atoms with E-state index < -0.39 is 11.6 Å². The highest BCUT2D eigenvalue weighted by atomic mass is 16.3. The summed E-state index contributed by atoms with van der Waals surface area (Å²) in [6.45, 7) is 2.36. The fourth-order valence-electron chi connectivity index (χ4n) is 5.58. The summed E-state index contributed by atoms with van der Waals surface area (Å²) in [5.74, 6) is -0.792. The molecule has 11 nitrogen and oxygen atoms in total. The number of piperidine rings is 3. The molecule has 3 aliphatic heterocycles. The van der Waals surface area contributed by atoms with E-state index in [4.69, 9.17) is 0 Å². The van der Waals surface area contributed by atoms with Crippen LogP contribution in [0.3, 0.4) is 0 Å². The molecule has 1 atom stereocenters. The van der Waals surface area contributed by atoms with Gasteiger partial charge in [0.2, 0.25) is 17.7 Å². The number of carbonyl (C=O) groups excluding carboxylic acids is 4. The summed E-state index contributed by atoms with van der Waals surface area (Å²) in [4.78, 5) is 56.8. The van der Waals surface area contributed by atoms with Crippen LogP contribution in [0.5, 0.6) is 0 Å². The summed E-state index contributed by atoms with van der Waals surface area (Å²) < 4.78 is 0. The molecule has 3 aliphatic rings. The Morgan fingerprint density at radius 3 is 2.38 bits per heavy atom. The number of aliphatic hydroxyl groups is 1. The zero-order valence-corrected chi connectivity index (χ0v) is 22.5. The van der Waals surface area contributed by atoms with Crippen molar-refractivity contribution in [3.05, 3.63) is 54.4 Å². The Hall–Kier alpha value is -3.99. The second-order valence-electron chi connectivity index (χ2n) is 10.9. The van der Waals surface area contributed by atoms with Crippen LogP contribution >= 0.6 is 0 Å². The molecule has 212 valence electrons. The lowest BCUT2D eigenvalue weighted by Gasteiger charge is -2.40. The molecule has 4 N–H and O–H groups in total. The zero-order valence-electron chi connectivity index (χ0n) is 22.5. The molecule has 5 rings (SSSR count). The molecule has 0 radical (unpaired) electrons. The molecule has 2 aromatic rings. The van der Waals surface area contributed by atoms with Gasteiger partial charge in [0.05, 0.1) is 12.0 Å². The van der Waals surface area contributed by atoms with Crippen LogP contribution in [0.4, 0.5) is 11.4 Å². The predicted molar refractivity (Wildman–Crippen MR) is 149 cm³/mol. The molecule has 1 aromatic carbocycles. The number of imide groups is 1. The van der Waals surface area contributed by atoms with Crippen molar-refractivity contribution in [2.75, 3.05) is 36.4 Å². The Kier molecular flexibility index (Phi) is 8.29. The average Bonchev–Trinajstić information content (AvgIpc) is 2.96. The van der Waals surface area contributed by atoms with Gasteiger partial charge in [0, 0.05) is 56.2 Å². The van der Waals surface area contributed by atoms with Crippen LogP contribution in [0, 0.1) is 0 Å². The standard InChI is InChI=1S/C29H36N6O5/c36-25-9-8-24(28(39)33-25)31-20-4-6-22(7-5-20)34-17-12-29(40,13-18-34)19-26(37)35-15-10-21(11-16-35)32-27(38)23-3-1-2-14-30-23/h1-7,14,21,24,31,40H,8-13,15-19H2,(H,32,38)(H,33,36,39). The van der Waals surface area contributed by atoms with E-state index in [1.54, 1.807) is 29.3 Å². The van der Waals surface area contributed by atoms with Crippen LogP contribution in [0.15, 0.2) is 48.7 Å². The first-order valence-electron chi connectivity index (χ1n) is 14.0. The maximum absolute atomic E-state index is 13.0. The lowest BCUT2D eigenvalue weighted by Crippen LogP contribution is -2.50. The molecule has 3 fully saturated rings. The van der Waals surface area contributed by atoms with Gasteiger partial charge >= 0.3 is 0 Å². The molecule has 0 spiro atoms. The zero-order chi connectivity index (χ0) is 28.1. The number of hydrogen-bond donors (Lipinski definition) is 4. The van der Waals surface area contributed by atoms with Crippen molar-refractivity contribution >= 4 is 35.0 Å². The first-order chi connectivity index (χ1) is 19.3. The van der Waals surface area contributed by atoms with Gasteiger partial charge in [-0.3, -0.25) is 29.5 Å².